The van der Waals surface area contributed by atoms with Crippen LogP contribution in [0, 0.1) is 11.8 Å². The molecule has 2 rings (SSSR count). The van der Waals surface area contributed by atoms with E-state index >= 15 is 0 Å². The minimum atomic E-state index is -1.31. The summed E-state index contributed by atoms with van der Waals surface area (Å²) in [5.41, 5.74) is 11.0. The van der Waals surface area contributed by atoms with Gasteiger partial charge in [0.25, 0.3) is 5.91 Å². The SMILES string of the molecule is CCOC(=O)CCSC(=O)CNC(=O)[C@H](CCC(N)=O)NC(=O)CNC(=O)CNC(=O)c1csc(-c2coc(CNC(=O)CNC(=O)CNC(=O)CNC(=O)CNC(=O)CNC(=O)CNC(=O)CNC(=O)CNC(=O)CNC(=O)[C@@H](NC(=O)CNC(=O)[C@@H](N)C(C)C)[C@@H](C)CC)n2)n1. The van der Waals surface area contributed by atoms with Gasteiger partial charge in [0.1, 0.15) is 34.7 Å². The van der Waals surface area contributed by atoms with Gasteiger partial charge < -0.3 is 106 Å². The zero-order valence-corrected chi connectivity index (χ0v) is 55.8. The van der Waals surface area contributed by atoms with E-state index in [-0.39, 0.29) is 72.3 Å². The first kappa shape index (κ1) is 83.4. The molecule has 20 N–H and O–H groups in total. The second-order valence-corrected chi connectivity index (χ2v) is 22.9. The fourth-order valence-corrected chi connectivity index (χ4v) is 8.47. The van der Waals surface area contributed by atoms with E-state index in [0.29, 0.717) is 6.42 Å². The summed E-state index contributed by atoms with van der Waals surface area (Å²) in [6, 6.07) is -3.21. The first-order valence-electron chi connectivity index (χ1n) is 30.0. The van der Waals surface area contributed by atoms with Crippen LogP contribution < -0.4 is 96.5 Å². The van der Waals surface area contributed by atoms with Crippen LogP contribution >= 0.6 is 23.1 Å². The van der Waals surface area contributed by atoms with Crippen molar-refractivity contribution in [3.8, 4) is 10.7 Å². The van der Waals surface area contributed by atoms with Gasteiger partial charge in [-0.2, -0.15) is 0 Å². The van der Waals surface area contributed by atoms with Crippen LogP contribution in [0.5, 0.6) is 0 Å². The van der Waals surface area contributed by atoms with Crippen molar-refractivity contribution in [3.05, 3.63) is 23.2 Å². The Morgan fingerprint density at radius 2 is 0.929 bits per heavy atom. The number of esters is 1. The maximum atomic E-state index is 12.8. The summed E-state index contributed by atoms with van der Waals surface area (Å²) in [6.07, 6.45) is 1.10. The molecule has 0 aromatic carbocycles. The van der Waals surface area contributed by atoms with Crippen LogP contribution in [0.1, 0.15) is 76.7 Å². The smallest absolute Gasteiger partial charge is 0.306 e. The number of hydrogen-bond acceptors (Lipinski definition) is 26. The third-order valence-corrected chi connectivity index (χ3v) is 14.4. The normalized spacial score (nSPS) is 11.7. The molecule has 4 atom stereocenters. The molecule has 0 spiro atoms. The van der Waals surface area contributed by atoms with Crippen LogP contribution in [0.2, 0.25) is 0 Å². The fraction of sp³-hybridized carbons (Fsp3) is 0.545. The zero-order chi connectivity index (χ0) is 73.3. The molecule has 0 saturated heterocycles. The third kappa shape index (κ3) is 36.2. The molecule has 0 unspecified atom stereocenters. The number of aromatic nitrogens is 2. The van der Waals surface area contributed by atoms with Crippen LogP contribution in [0.3, 0.4) is 0 Å². The number of amides is 17. The highest BCUT2D eigenvalue weighted by Crippen LogP contribution is 2.23. The lowest BCUT2D eigenvalue weighted by atomic mass is 9.98. The average Bonchev–Trinajstić information content (AvgIpc) is 1.69. The number of carbonyl (C=O) groups excluding carboxylic acids is 19. The molecular weight excluding hydrogens is 1340 g/mol. The molecule has 17 amide bonds. The molecule has 43 heteroatoms. The number of nitrogens with two attached hydrogens (primary N) is 2. The molecule has 0 bridgehead atoms. The maximum Gasteiger partial charge on any atom is 0.306 e. The van der Waals surface area contributed by atoms with Crippen LogP contribution in [0.4, 0.5) is 0 Å². The summed E-state index contributed by atoms with van der Waals surface area (Å²) in [6.45, 7) is 0.904. The van der Waals surface area contributed by atoms with Crippen molar-refractivity contribution in [2.75, 3.05) is 97.4 Å². The standard InChI is InChI=1S/C55H82N20O21S2/c1-6-29(5)50(75-45(88)23-69-53(93)49(57)28(3)4)54(94)70-21-43(86)65-18-40(83)63-16-38(81)61-14-36(79)59-12-34(77)58-13-35(78)60-15-37(80)62-17-39(82)64-19-41(84)67-24-46-73-31(26-96-46)55-74-32(27-98-55)52(92)68-20-42(85)66-22-44(87)72-30(8-9-33(56)76)51(91)71-25-48(90)97-11-10-47(89)95-7-2/h26-30,49-50H,6-25,57H2,1-5H3,(H2,56,76)(H,58,77)(H,59,79)(H,60,78)(H,61,81)(H,62,80)(H,63,83)(H,64,82)(H,65,86)(H,66,85)(H,67,84)(H,68,92)(H,69,93)(H,70,94)(H,71,91)(H,72,87)(H,75,88)/t29-,30-,49-,50-/m0/s1. The van der Waals surface area contributed by atoms with E-state index < -0.39 is 215 Å². The third-order valence-electron chi connectivity index (χ3n) is 12.7. The summed E-state index contributed by atoms with van der Waals surface area (Å²) >= 11 is 1.76. The van der Waals surface area contributed by atoms with Crippen molar-refractivity contribution < 1.29 is 100 Å². The molecule has 0 aliphatic rings. The van der Waals surface area contributed by atoms with Crippen molar-refractivity contribution >= 4 is 135 Å². The van der Waals surface area contributed by atoms with Gasteiger partial charge in [0.2, 0.25) is 106 Å². The predicted molar refractivity (Wildman–Crippen MR) is 341 cm³/mol. The lowest BCUT2D eigenvalue weighted by Gasteiger charge is -2.24. The summed E-state index contributed by atoms with van der Waals surface area (Å²) in [4.78, 5) is 241. The number of carbonyl (C=O) groups is 19. The van der Waals surface area contributed by atoms with Crippen LogP contribution in [0.25, 0.3) is 10.7 Å². The predicted octanol–water partition coefficient (Wildman–Crippen LogP) is -9.98. The first-order chi connectivity index (χ1) is 46.4. The first-order valence-corrected chi connectivity index (χ1v) is 31.9. The van der Waals surface area contributed by atoms with Gasteiger partial charge in [0, 0.05) is 17.6 Å². The molecule has 0 aliphatic carbocycles. The van der Waals surface area contributed by atoms with E-state index in [0.717, 1.165) is 23.1 Å². The number of oxazole rings is 1. The Balaban J connectivity index is 1.60. The number of rotatable bonds is 45. The molecule has 2 heterocycles. The van der Waals surface area contributed by atoms with E-state index in [1.54, 1.807) is 34.6 Å². The molecule has 0 aliphatic heterocycles. The van der Waals surface area contributed by atoms with Gasteiger partial charge in [-0.25, -0.2) is 9.97 Å². The molecule has 0 saturated carbocycles. The number of ether oxygens (including phenoxy) is 1. The molecule has 0 radical (unpaired) electrons. The zero-order valence-electron chi connectivity index (χ0n) is 54.1. The lowest BCUT2D eigenvalue weighted by molar-refractivity contribution is -0.142. The van der Waals surface area contributed by atoms with E-state index in [1.165, 1.54) is 11.6 Å². The van der Waals surface area contributed by atoms with E-state index in [2.05, 4.69) is 95.0 Å². The quantitative estimate of drug-likeness (QED) is 0.0274. The van der Waals surface area contributed by atoms with Gasteiger partial charge >= 0.3 is 5.97 Å². The second kappa shape index (κ2) is 45.6. The Hall–Kier alpha value is -10.7. The van der Waals surface area contributed by atoms with Gasteiger partial charge in [-0.15, -0.1) is 11.3 Å². The summed E-state index contributed by atoms with van der Waals surface area (Å²) in [5, 5.41) is 37.7. The maximum absolute atomic E-state index is 12.8. The molecule has 2 aromatic heterocycles. The molecule has 41 nitrogen and oxygen atoms in total. The van der Waals surface area contributed by atoms with Crippen molar-refractivity contribution in [1.82, 2.24) is 95.0 Å². The lowest BCUT2D eigenvalue weighted by Crippen LogP contribution is -2.54. The van der Waals surface area contributed by atoms with Crippen LogP contribution in [0.15, 0.2) is 16.1 Å². The largest absolute Gasteiger partial charge is 0.466 e. The Bertz CT molecular complexity index is 3200. The fourth-order valence-electron chi connectivity index (χ4n) is 7.05. The highest BCUT2D eigenvalue weighted by atomic mass is 32.2. The topological polar surface area (TPSA) is 617 Å². The summed E-state index contributed by atoms with van der Waals surface area (Å²) < 4.78 is 10.1. The molecule has 2 aromatic rings. The van der Waals surface area contributed by atoms with Crippen molar-refractivity contribution in [3.63, 3.8) is 0 Å². The minimum Gasteiger partial charge on any atom is -0.466 e. The van der Waals surface area contributed by atoms with E-state index in [1.807, 2.05) is 0 Å². The van der Waals surface area contributed by atoms with Crippen LogP contribution in [-0.4, -0.2) is 237 Å². The second-order valence-electron chi connectivity index (χ2n) is 20.9. The Kier molecular flexibility index (Phi) is 38.8. The van der Waals surface area contributed by atoms with Gasteiger partial charge in [-0.3, -0.25) is 91.1 Å². The number of thioether (sulfide) groups is 1. The minimum absolute atomic E-state index is 0.000357. The Morgan fingerprint density at radius 3 is 1.39 bits per heavy atom. The van der Waals surface area contributed by atoms with Crippen molar-refractivity contribution in [2.45, 2.75) is 85.0 Å². The Morgan fingerprint density at radius 1 is 0.510 bits per heavy atom. The molecule has 540 valence electrons. The average molecular weight is 1420 g/mol. The molecule has 0 fully saturated rings. The van der Waals surface area contributed by atoms with Gasteiger partial charge in [-0.05, 0) is 25.2 Å². The Labute approximate surface area is 567 Å². The molecular formula is C55H82N20O21S2. The number of nitrogens with one attached hydrogen (secondary N) is 16. The monoisotopic (exact) mass is 1420 g/mol. The summed E-state index contributed by atoms with van der Waals surface area (Å²) in [5.74, 6) is -14.1. The number of hydrogen-bond donors (Lipinski definition) is 18. The molecule has 98 heavy (non-hydrogen) atoms. The van der Waals surface area contributed by atoms with Gasteiger partial charge in [0.15, 0.2) is 0 Å². The number of nitrogens with zero attached hydrogens (tertiary/aromatic N) is 2. The van der Waals surface area contributed by atoms with E-state index in [9.17, 15) is 91.1 Å². The van der Waals surface area contributed by atoms with Gasteiger partial charge in [0.05, 0.1) is 111 Å². The van der Waals surface area contributed by atoms with E-state index in [4.69, 9.17) is 20.6 Å². The van der Waals surface area contributed by atoms with Gasteiger partial charge in [-0.1, -0.05) is 45.9 Å². The number of primary amides is 1. The van der Waals surface area contributed by atoms with Crippen LogP contribution in [-0.2, 0) is 97.6 Å². The summed E-state index contributed by atoms with van der Waals surface area (Å²) in [7, 11) is 0. The highest BCUT2D eigenvalue weighted by molar-refractivity contribution is 8.13. The highest BCUT2D eigenvalue weighted by Gasteiger charge is 2.28. The van der Waals surface area contributed by atoms with Crippen molar-refractivity contribution in [1.29, 1.82) is 0 Å². The van der Waals surface area contributed by atoms with Crippen molar-refractivity contribution in [2.24, 2.45) is 23.3 Å². The number of thiazole rings is 1.